The van der Waals surface area contributed by atoms with Crippen LogP contribution in [-0.2, 0) is 10.0 Å². The molecule has 0 saturated carbocycles. The Morgan fingerprint density at radius 1 is 1.44 bits per heavy atom. The van der Waals surface area contributed by atoms with Crippen LogP contribution in [0.25, 0.3) is 0 Å². The molecule has 0 saturated heterocycles. The van der Waals surface area contributed by atoms with E-state index in [1.807, 2.05) is 20.8 Å². The van der Waals surface area contributed by atoms with Crippen LogP contribution < -0.4 is 5.32 Å². The van der Waals surface area contributed by atoms with Crippen molar-refractivity contribution in [3.63, 3.8) is 0 Å². The van der Waals surface area contributed by atoms with Crippen LogP contribution >= 0.6 is 0 Å². The van der Waals surface area contributed by atoms with E-state index in [1.165, 1.54) is 16.6 Å². The molecule has 0 aromatic carbocycles. The molecule has 0 aliphatic carbocycles. The predicted octanol–water partition coefficient (Wildman–Crippen LogP) is 1.93. The van der Waals surface area contributed by atoms with Crippen LogP contribution in [0.4, 0.5) is 5.82 Å². The molecule has 1 heterocycles. The Morgan fingerprint density at radius 2 is 2.11 bits per heavy atom. The van der Waals surface area contributed by atoms with Crippen LogP contribution in [-0.4, -0.2) is 37.3 Å². The molecule has 0 amide bonds. The van der Waals surface area contributed by atoms with E-state index in [9.17, 15) is 8.42 Å². The van der Waals surface area contributed by atoms with Crippen molar-refractivity contribution >= 4 is 15.8 Å². The molecule has 1 aromatic heterocycles. The van der Waals surface area contributed by atoms with Crippen molar-refractivity contribution in [3.05, 3.63) is 18.3 Å². The second-order valence-electron chi connectivity index (χ2n) is 4.34. The molecule has 0 fully saturated rings. The van der Waals surface area contributed by atoms with Crippen molar-refractivity contribution in [1.82, 2.24) is 9.29 Å². The molecule has 0 bridgehead atoms. The Hall–Kier alpha value is -1.14. The average Bonchev–Trinajstić information content (AvgIpc) is 2.35. The van der Waals surface area contributed by atoms with Gasteiger partial charge in [0.15, 0.2) is 0 Å². The zero-order chi connectivity index (χ0) is 13.8. The maximum Gasteiger partial charge on any atom is 0.243 e. The summed E-state index contributed by atoms with van der Waals surface area (Å²) >= 11 is 0. The number of aromatic nitrogens is 1. The van der Waals surface area contributed by atoms with Crippen LogP contribution in [0.5, 0.6) is 0 Å². The van der Waals surface area contributed by atoms with Crippen molar-refractivity contribution in [2.24, 2.45) is 0 Å². The predicted molar refractivity (Wildman–Crippen MR) is 73.1 cm³/mol. The lowest BCUT2D eigenvalue weighted by Crippen LogP contribution is -2.37. The van der Waals surface area contributed by atoms with Crippen LogP contribution in [0.15, 0.2) is 23.2 Å². The summed E-state index contributed by atoms with van der Waals surface area (Å²) in [7, 11) is -1.73. The second kappa shape index (κ2) is 6.15. The van der Waals surface area contributed by atoms with Gasteiger partial charge in [-0.25, -0.2) is 13.4 Å². The van der Waals surface area contributed by atoms with E-state index >= 15 is 0 Å². The number of rotatable bonds is 6. The van der Waals surface area contributed by atoms with Crippen molar-refractivity contribution < 1.29 is 8.42 Å². The SMILES string of the molecule is CCCN(C(C)C)S(=O)(=O)c1ccnc(NC)c1. The van der Waals surface area contributed by atoms with Crippen LogP contribution in [0.3, 0.4) is 0 Å². The Morgan fingerprint density at radius 3 is 2.61 bits per heavy atom. The van der Waals surface area contributed by atoms with Gasteiger partial charge in [-0.15, -0.1) is 0 Å². The van der Waals surface area contributed by atoms with Gasteiger partial charge >= 0.3 is 0 Å². The molecule has 0 atom stereocenters. The number of sulfonamides is 1. The Balaban J connectivity index is 3.17. The summed E-state index contributed by atoms with van der Waals surface area (Å²) in [5.74, 6) is 0.552. The average molecular weight is 271 g/mol. The smallest absolute Gasteiger partial charge is 0.243 e. The molecular formula is C12H21N3O2S. The Labute approximate surface area is 109 Å². The minimum absolute atomic E-state index is 0.0545. The summed E-state index contributed by atoms with van der Waals surface area (Å²) in [5.41, 5.74) is 0. The lowest BCUT2D eigenvalue weighted by molar-refractivity contribution is 0.354. The minimum Gasteiger partial charge on any atom is -0.373 e. The third-order valence-corrected chi connectivity index (χ3v) is 4.69. The van der Waals surface area contributed by atoms with E-state index in [2.05, 4.69) is 10.3 Å². The highest BCUT2D eigenvalue weighted by Crippen LogP contribution is 2.20. The highest BCUT2D eigenvalue weighted by atomic mass is 32.2. The quantitative estimate of drug-likeness (QED) is 0.859. The number of pyridine rings is 1. The van der Waals surface area contributed by atoms with E-state index in [-0.39, 0.29) is 10.9 Å². The molecule has 0 radical (unpaired) electrons. The standard InChI is InChI=1S/C12H21N3O2S/c1-5-8-15(10(2)3)18(16,17)11-6-7-14-12(9-11)13-4/h6-7,9-10H,5,8H2,1-4H3,(H,13,14). The van der Waals surface area contributed by atoms with E-state index in [0.717, 1.165) is 6.42 Å². The van der Waals surface area contributed by atoms with Crippen molar-refractivity contribution in [2.75, 3.05) is 18.9 Å². The van der Waals surface area contributed by atoms with Gasteiger partial charge in [0.05, 0.1) is 4.90 Å². The van der Waals surface area contributed by atoms with E-state index in [0.29, 0.717) is 12.4 Å². The summed E-state index contributed by atoms with van der Waals surface area (Å²) in [6.07, 6.45) is 2.30. The fourth-order valence-corrected chi connectivity index (χ4v) is 3.46. The number of anilines is 1. The summed E-state index contributed by atoms with van der Waals surface area (Å²) in [6.45, 7) is 6.26. The van der Waals surface area contributed by atoms with Crippen molar-refractivity contribution in [1.29, 1.82) is 0 Å². The largest absolute Gasteiger partial charge is 0.373 e. The molecule has 0 aliphatic heterocycles. The van der Waals surface area contributed by atoms with Crippen molar-refractivity contribution in [2.45, 2.75) is 38.1 Å². The van der Waals surface area contributed by atoms with E-state index < -0.39 is 10.0 Å². The third-order valence-electron chi connectivity index (χ3n) is 2.61. The zero-order valence-corrected chi connectivity index (χ0v) is 12.2. The fraction of sp³-hybridized carbons (Fsp3) is 0.583. The van der Waals surface area contributed by atoms with Gasteiger partial charge in [0.25, 0.3) is 0 Å². The second-order valence-corrected chi connectivity index (χ2v) is 6.23. The maximum absolute atomic E-state index is 12.5. The fourth-order valence-electron chi connectivity index (χ4n) is 1.72. The molecule has 1 N–H and O–H groups in total. The van der Waals surface area contributed by atoms with Gasteiger partial charge < -0.3 is 5.32 Å². The topological polar surface area (TPSA) is 62.3 Å². The number of nitrogens with one attached hydrogen (secondary N) is 1. The van der Waals surface area contributed by atoms with Crippen LogP contribution in [0.2, 0.25) is 0 Å². The van der Waals surface area contributed by atoms with Gasteiger partial charge in [0, 0.05) is 31.9 Å². The van der Waals surface area contributed by atoms with Gasteiger partial charge in [-0.1, -0.05) is 6.92 Å². The van der Waals surface area contributed by atoms with Gasteiger partial charge in [0.2, 0.25) is 10.0 Å². The van der Waals surface area contributed by atoms with E-state index in [4.69, 9.17) is 0 Å². The van der Waals surface area contributed by atoms with Crippen molar-refractivity contribution in [3.8, 4) is 0 Å². The summed E-state index contributed by atoms with van der Waals surface area (Å²) in [6, 6.07) is 3.03. The molecule has 6 heteroatoms. The highest BCUT2D eigenvalue weighted by molar-refractivity contribution is 7.89. The van der Waals surface area contributed by atoms with Crippen LogP contribution in [0.1, 0.15) is 27.2 Å². The molecule has 5 nitrogen and oxygen atoms in total. The third kappa shape index (κ3) is 3.20. The Kier molecular flexibility index (Phi) is 5.10. The number of hydrogen-bond donors (Lipinski definition) is 1. The lowest BCUT2D eigenvalue weighted by Gasteiger charge is -2.25. The van der Waals surface area contributed by atoms with Gasteiger partial charge in [-0.3, -0.25) is 0 Å². The normalized spacial score (nSPS) is 12.1. The molecule has 0 aliphatic rings. The summed E-state index contributed by atoms with van der Waals surface area (Å²) < 4.78 is 26.5. The van der Waals surface area contributed by atoms with E-state index in [1.54, 1.807) is 13.1 Å². The summed E-state index contributed by atoms with van der Waals surface area (Å²) in [4.78, 5) is 4.31. The molecule has 0 spiro atoms. The zero-order valence-electron chi connectivity index (χ0n) is 11.3. The van der Waals surface area contributed by atoms with Gasteiger partial charge in [-0.2, -0.15) is 4.31 Å². The first kappa shape index (κ1) is 14.9. The highest BCUT2D eigenvalue weighted by Gasteiger charge is 2.26. The summed E-state index contributed by atoms with van der Waals surface area (Å²) in [5, 5.41) is 2.85. The first-order valence-electron chi connectivity index (χ1n) is 6.09. The molecule has 1 aromatic rings. The van der Waals surface area contributed by atoms with Crippen LogP contribution in [0, 0.1) is 0 Å². The van der Waals surface area contributed by atoms with Gasteiger partial charge in [0.1, 0.15) is 5.82 Å². The van der Waals surface area contributed by atoms with Gasteiger partial charge in [-0.05, 0) is 26.3 Å². The minimum atomic E-state index is -3.44. The monoisotopic (exact) mass is 271 g/mol. The Bertz CT molecular complexity index is 486. The lowest BCUT2D eigenvalue weighted by atomic mass is 10.4. The molecular weight excluding hydrogens is 250 g/mol. The first-order valence-corrected chi connectivity index (χ1v) is 7.53. The molecule has 18 heavy (non-hydrogen) atoms. The first-order chi connectivity index (χ1) is 8.43. The number of hydrogen-bond acceptors (Lipinski definition) is 4. The number of nitrogens with zero attached hydrogens (tertiary/aromatic N) is 2. The molecule has 0 unspecified atom stereocenters. The maximum atomic E-state index is 12.5. The molecule has 102 valence electrons. The molecule has 1 rings (SSSR count).